The Labute approximate surface area is 236 Å². The van der Waals surface area contributed by atoms with Crippen molar-refractivity contribution in [2.45, 2.75) is 51.3 Å². The molecule has 1 saturated heterocycles. The Kier molecular flexibility index (Phi) is 9.56. The summed E-state index contributed by atoms with van der Waals surface area (Å²) in [6.07, 6.45) is 1.13. The highest BCUT2D eigenvalue weighted by Crippen LogP contribution is 2.22. The van der Waals surface area contributed by atoms with Crippen LogP contribution in [0.4, 0.5) is 10.5 Å². The molecule has 0 bridgehead atoms. The quantitative estimate of drug-likeness (QED) is 0.126. The molecule has 12 nitrogen and oxygen atoms in total. The summed E-state index contributed by atoms with van der Waals surface area (Å²) in [4.78, 5) is 56.6. The highest BCUT2D eigenvalue weighted by Gasteiger charge is 2.36. The van der Waals surface area contributed by atoms with Crippen molar-refractivity contribution in [1.82, 2.24) is 10.2 Å². The monoisotopic (exact) mass is 562 g/mol. The molecule has 2 heterocycles. The number of carbonyl (C=O) groups excluding carboxylic acids is 3. The number of hydrogen-bond donors (Lipinski definition) is 4. The van der Waals surface area contributed by atoms with Crippen LogP contribution < -0.4 is 27.7 Å². The van der Waals surface area contributed by atoms with Crippen molar-refractivity contribution in [3.63, 3.8) is 0 Å². The molecule has 41 heavy (non-hydrogen) atoms. The summed E-state index contributed by atoms with van der Waals surface area (Å²) < 4.78 is 10.7. The van der Waals surface area contributed by atoms with Crippen LogP contribution in [0.2, 0.25) is 0 Å². The number of rotatable bonds is 10. The zero-order valence-corrected chi connectivity index (χ0v) is 22.8. The molecule has 1 aliphatic heterocycles. The number of benzene rings is 2. The van der Waals surface area contributed by atoms with E-state index in [2.05, 4.69) is 15.6 Å². The Morgan fingerprint density at radius 3 is 2.68 bits per heavy atom. The van der Waals surface area contributed by atoms with E-state index < -0.39 is 35.6 Å². The van der Waals surface area contributed by atoms with Gasteiger partial charge in [0.05, 0.1) is 0 Å². The van der Waals surface area contributed by atoms with Gasteiger partial charge in [-0.15, -0.1) is 0 Å². The number of likely N-dealkylation sites (tertiary alicyclic amines) is 1. The zero-order chi connectivity index (χ0) is 29.4. The Morgan fingerprint density at radius 2 is 1.93 bits per heavy atom. The third-order valence-electron chi connectivity index (χ3n) is 6.79. The van der Waals surface area contributed by atoms with Crippen LogP contribution >= 0.6 is 0 Å². The number of fused-ring (bicyclic) bond motifs is 1. The van der Waals surface area contributed by atoms with Crippen LogP contribution in [0.5, 0.6) is 0 Å². The van der Waals surface area contributed by atoms with E-state index in [1.165, 1.54) is 11.0 Å². The second kappa shape index (κ2) is 13.5. The fraction of sp³-hybridized carbons (Fsp3) is 0.345. The first-order valence-corrected chi connectivity index (χ1v) is 13.4. The lowest BCUT2D eigenvalue weighted by molar-refractivity contribution is -0.129. The van der Waals surface area contributed by atoms with Crippen molar-refractivity contribution in [3.05, 3.63) is 76.1 Å². The van der Waals surface area contributed by atoms with Crippen molar-refractivity contribution in [2.75, 3.05) is 18.4 Å². The van der Waals surface area contributed by atoms with Crippen molar-refractivity contribution in [1.29, 1.82) is 0 Å². The smallest absolute Gasteiger partial charge is 0.410 e. The molecule has 3 amide bonds. The van der Waals surface area contributed by atoms with Crippen LogP contribution in [-0.4, -0.2) is 53.9 Å². The van der Waals surface area contributed by atoms with Crippen molar-refractivity contribution in [3.8, 4) is 0 Å². The van der Waals surface area contributed by atoms with E-state index in [-0.39, 0.29) is 25.5 Å². The predicted octanol–water partition coefficient (Wildman–Crippen LogP) is 2.38. The molecular weight excluding hydrogens is 528 g/mol. The minimum absolute atomic E-state index is 0.0707. The summed E-state index contributed by atoms with van der Waals surface area (Å²) in [6.45, 7) is 2.52. The van der Waals surface area contributed by atoms with Crippen LogP contribution in [-0.2, 0) is 20.9 Å². The van der Waals surface area contributed by atoms with Crippen molar-refractivity contribution < 1.29 is 23.5 Å². The SMILES string of the molecule is Cc1cc(=O)oc2cc(NC(=O)[C@@H](CCCN=C(N)N)NC(=O)[C@@H]3CCCN3C(=O)OCc3ccccc3)ccc12. The number of aliphatic imine (C=N–C) groups is 1. The number of carbonyl (C=O) groups is 3. The molecule has 1 fully saturated rings. The molecule has 3 aromatic rings. The lowest BCUT2D eigenvalue weighted by atomic mass is 10.1. The van der Waals surface area contributed by atoms with Crippen LogP contribution in [0.1, 0.15) is 36.8 Å². The van der Waals surface area contributed by atoms with Gasteiger partial charge in [0, 0.05) is 36.3 Å². The Balaban J connectivity index is 1.44. The molecule has 1 aromatic heterocycles. The van der Waals surface area contributed by atoms with E-state index in [0.717, 1.165) is 16.5 Å². The highest BCUT2D eigenvalue weighted by atomic mass is 16.6. The summed E-state index contributed by atoms with van der Waals surface area (Å²) in [7, 11) is 0. The molecule has 0 unspecified atom stereocenters. The molecule has 12 heteroatoms. The first kappa shape index (κ1) is 29.1. The van der Waals surface area contributed by atoms with Crippen LogP contribution in [0.15, 0.2) is 68.8 Å². The van der Waals surface area contributed by atoms with Crippen LogP contribution in [0, 0.1) is 6.92 Å². The molecule has 2 atom stereocenters. The van der Waals surface area contributed by atoms with Gasteiger partial charge in [0.15, 0.2) is 5.96 Å². The first-order chi connectivity index (χ1) is 19.7. The summed E-state index contributed by atoms with van der Waals surface area (Å²) in [6, 6.07) is 13.9. The molecule has 2 aromatic carbocycles. The standard InChI is InChI=1S/C29H34N6O6/c1-18-15-25(36)41-24-16-20(11-12-21(18)24)33-26(37)22(9-5-13-32-28(30)31)34-27(38)23-10-6-14-35(23)29(39)40-17-19-7-3-2-4-8-19/h2-4,7-8,11-12,15-16,22-23H,5-6,9-10,13-14,17H2,1H3,(H,33,37)(H,34,38)(H4,30,31,32)/t22-,23+/m1/s1. The van der Waals surface area contributed by atoms with Gasteiger partial charge in [-0.2, -0.15) is 0 Å². The number of nitrogens with zero attached hydrogens (tertiary/aromatic N) is 2. The maximum atomic E-state index is 13.3. The van der Waals surface area contributed by atoms with Crippen molar-refractivity contribution >= 4 is 40.5 Å². The Morgan fingerprint density at radius 1 is 1.15 bits per heavy atom. The summed E-state index contributed by atoms with van der Waals surface area (Å²) in [5.41, 5.74) is 12.6. The molecule has 0 aliphatic carbocycles. The number of anilines is 1. The number of hydrogen-bond acceptors (Lipinski definition) is 7. The predicted molar refractivity (Wildman–Crippen MR) is 154 cm³/mol. The average Bonchev–Trinajstić information content (AvgIpc) is 3.44. The number of nitrogens with two attached hydrogens (primary N) is 2. The van der Waals surface area contributed by atoms with Gasteiger partial charge in [0.2, 0.25) is 11.8 Å². The van der Waals surface area contributed by atoms with Gasteiger partial charge in [-0.3, -0.25) is 19.5 Å². The third kappa shape index (κ3) is 7.84. The molecule has 0 spiro atoms. The zero-order valence-electron chi connectivity index (χ0n) is 22.8. The number of nitrogens with one attached hydrogen (secondary N) is 2. The summed E-state index contributed by atoms with van der Waals surface area (Å²) in [5.74, 6) is -1.01. The molecule has 6 N–H and O–H groups in total. The molecule has 0 radical (unpaired) electrons. The average molecular weight is 563 g/mol. The molecule has 1 aliphatic rings. The van der Waals surface area contributed by atoms with Gasteiger partial charge in [-0.25, -0.2) is 9.59 Å². The van der Waals surface area contributed by atoms with Gasteiger partial charge in [0.25, 0.3) is 0 Å². The van der Waals surface area contributed by atoms with Gasteiger partial charge in [0.1, 0.15) is 24.3 Å². The maximum absolute atomic E-state index is 13.3. The fourth-order valence-electron chi connectivity index (χ4n) is 4.73. The molecular formula is C29H34N6O6. The second-order valence-corrected chi connectivity index (χ2v) is 9.85. The van der Waals surface area contributed by atoms with Crippen LogP contribution in [0.25, 0.3) is 11.0 Å². The third-order valence-corrected chi connectivity index (χ3v) is 6.79. The van der Waals surface area contributed by atoms with E-state index in [0.29, 0.717) is 37.1 Å². The van der Waals surface area contributed by atoms with E-state index in [9.17, 15) is 19.2 Å². The number of aryl methyl sites for hydroxylation is 1. The van der Waals surface area contributed by atoms with E-state index >= 15 is 0 Å². The minimum atomic E-state index is -0.945. The topological polar surface area (TPSA) is 182 Å². The van der Waals surface area contributed by atoms with E-state index in [1.807, 2.05) is 30.3 Å². The lowest BCUT2D eigenvalue weighted by Crippen LogP contribution is -2.52. The normalized spacial score (nSPS) is 15.2. The molecule has 4 rings (SSSR count). The molecule has 216 valence electrons. The Bertz CT molecular complexity index is 1480. The van der Waals surface area contributed by atoms with E-state index in [4.69, 9.17) is 20.6 Å². The summed E-state index contributed by atoms with van der Waals surface area (Å²) >= 11 is 0. The van der Waals surface area contributed by atoms with Gasteiger partial charge in [-0.05, 0) is 55.9 Å². The van der Waals surface area contributed by atoms with Crippen molar-refractivity contribution in [2.24, 2.45) is 16.5 Å². The minimum Gasteiger partial charge on any atom is -0.445 e. The largest absolute Gasteiger partial charge is 0.445 e. The van der Waals surface area contributed by atoms with E-state index in [1.54, 1.807) is 25.1 Å². The maximum Gasteiger partial charge on any atom is 0.410 e. The number of ether oxygens (including phenoxy) is 1. The van der Waals surface area contributed by atoms with Crippen LogP contribution in [0.3, 0.4) is 0 Å². The number of amides is 3. The Hall–Kier alpha value is -4.87. The molecule has 0 saturated carbocycles. The van der Waals surface area contributed by atoms with Gasteiger partial charge < -0.3 is 31.3 Å². The van der Waals surface area contributed by atoms with Gasteiger partial charge >= 0.3 is 11.7 Å². The highest BCUT2D eigenvalue weighted by molar-refractivity contribution is 5.99. The fourth-order valence-corrected chi connectivity index (χ4v) is 4.73. The number of guanidine groups is 1. The summed E-state index contributed by atoms with van der Waals surface area (Å²) in [5, 5.41) is 6.32. The first-order valence-electron chi connectivity index (χ1n) is 13.4. The lowest BCUT2D eigenvalue weighted by Gasteiger charge is -2.26. The van der Waals surface area contributed by atoms with Gasteiger partial charge in [-0.1, -0.05) is 30.3 Å². The second-order valence-electron chi connectivity index (χ2n) is 9.85.